The number of pyridine rings is 1. The fourth-order valence-electron chi connectivity index (χ4n) is 3.89. The first-order chi connectivity index (χ1) is 15.6. The number of carbonyl (C=O) groups excluding carboxylic acids is 1. The molecule has 0 aliphatic carbocycles. The van der Waals surface area contributed by atoms with Crippen LogP contribution in [-0.2, 0) is 22.5 Å². The van der Waals surface area contributed by atoms with Crippen molar-refractivity contribution in [1.29, 1.82) is 0 Å². The van der Waals surface area contributed by atoms with E-state index in [9.17, 15) is 4.79 Å². The maximum Gasteiger partial charge on any atom is 0.221 e. The number of nitrogens with two attached hydrogens (primary N) is 1. The van der Waals surface area contributed by atoms with Crippen molar-refractivity contribution in [1.82, 2.24) is 4.98 Å². The van der Waals surface area contributed by atoms with Crippen LogP contribution in [0.5, 0.6) is 0 Å². The quantitative estimate of drug-likeness (QED) is 0.569. The van der Waals surface area contributed by atoms with Gasteiger partial charge in [0.05, 0.1) is 19.6 Å². The number of carbonyl (C=O) groups is 1. The van der Waals surface area contributed by atoms with E-state index in [4.69, 9.17) is 10.5 Å². The number of nitrogens with one attached hydrogen (secondary N) is 1. The first-order valence-electron chi connectivity index (χ1n) is 10.8. The molecule has 1 amide bonds. The Morgan fingerprint density at radius 1 is 1.12 bits per heavy atom. The van der Waals surface area contributed by atoms with Crippen LogP contribution in [0.2, 0.25) is 0 Å². The van der Waals surface area contributed by atoms with Gasteiger partial charge in [0.25, 0.3) is 0 Å². The van der Waals surface area contributed by atoms with E-state index in [1.165, 1.54) is 11.3 Å². The number of anilines is 4. The normalized spacial score (nSPS) is 13.6. The Kier molecular flexibility index (Phi) is 6.87. The third-order valence-corrected chi connectivity index (χ3v) is 5.52. The average Bonchev–Trinajstić information content (AvgIpc) is 2.81. The molecular weight excluding hydrogens is 402 g/mol. The summed E-state index contributed by atoms with van der Waals surface area (Å²) in [6.45, 7) is 4.06. The molecule has 32 heavy (non-hydrogen) atoms. The molecule has 3 N–H and O–H groups in total. The number of aromatic nitrogens is 1. The van der Waals surface area contributed by atoms with Gasteiger partial charge in [0.2, 0.25) is 5.91 Å². The van der Waals surface area contributed by atoms with Crippen molar-refractivity contribution >= 4 is 28.8 Å². The molecule has 166 valence electrons. The van der Waals surface area contributed by atoms with Crippen molar-refractivity contribution in [3.63, 3.8) is 0 Å². The highest BCUT2D eigenvalue weighted by Crippen LogP contribution is 2.27. The highest BCUT2D eigenvalue weighted by molar-refractivity contribution is 5.79. The van der Waals surface area contributed by atoms with Gasteiger partial charge in [-0.25, -0.2) is 4.98 Å². The van der Waals surface area contributed by atoms with Gasteiger partial charge in [-0.2, -0.15) is 0 Å². The van der Waals surface area contributed by atoms with E-state index in [0.29, 0.717) is 12.4 Å². The number of ether oxygens (including phenoxy) is 1. The number of morpholine rings is 1. The fraction of sp³-hybridized carbons (Fsp3) is 0.280. The standard InChI is InChI=1S/C25H29N5O2/c1-29(18-19-5-3-2-4-6-19)23-16-25(27-17-20(23)15-24(26)31)28-21-7-9-22(10-8-21)30-11-13-32-14-12-30/h2-10,16-17H,11-15,18H2,1H3,(H2,26,31)(H,27,28). The van der Waals surface area contributed by atoms with Gasteiger partial charge in [-0.15, -0.1) is 0 Å². The maximum absolute atomic E-state index is 11.6. The number of primary amides is 1. The van der Waals surface area contributed by atoms with Gasteiger partial charge in [-0.05, 0) is 29.8 Å². The molecule has 1 aliphatic rings. The summed E-state index contributed by atoms with van der Waals surface area (Å²) in [6.07, 6.45) is 1.88. The second-order valence-corrected chi connectivity index (χ2v) is 7.95. The summed E-state index contributed by atoms with van der Waals surface area (Å²) in [6, 6.07) is 20.5. The lowest BCUT2D eigenvalue weighted by atomic mass is 10.1. The van der Waals surface area contributed by atoms with Crippen LogP contribution in [0.25, 0.3) is 0 Å². The fourth-order valence-corrected chi connectivity index (χ4v) is 3.89. The van der Waals surface area contributed by atoms with Gasteiger partial charge < -0.3 is 25.6 Å². The number of rotatable bonds is 8. The Morgan fingerprint density at radius 2 is 1.84 bits per heavy atom. The smallest absolute Gasteiger partial charge is 0.221 e. The first-order valence-corrected chi connectivity index (χ1v) is 10.8. The zero-order valence-electron chi connectivity index (χ0n) is 18.3. The van der Waals surface area contributed by atoms with E-state index in [0.717, 1.165) is 43.2 Å². The third-order valence-electron chi connectivity index (χ3n) is 5.52. The van der Waals surface area contributed by atoms with Crippen LogP contribution in [0.4, 0.5) is 22.9 Å². The SMILES string of the molecule is CN(Cc1ccccc1)c1cc(Nc2ccc(N3CCOCC3)cc2)ncc1CC(N)=O. The summed E-state index contributed by atoms with van der Waals surface area (Å²) >= 11 is 0. The number of benzene rings is 2. The van der Waals surface area contributed by atoms with Crippen molar-refractivity contribution in [3.05, 3.63) is 78.0 Å². The number of nitrogens with zero attached hydrogens (tertiary/aromatic N) is 3. The molecule has 1 saturated heterocycles. The zero-order chi connectivity index (χ0) is 22.3. The summed E-state index contributed by atoms with van der Waals surface area (Å²) in [4.78, 5) is 20.5. The number of amides is 1. The van der Waals surface area contributed by atoms with E-state index < -0.39 is 0 Å². The Labute approximate surface area is 188 Å². The zero-order valence-corrected chi connectivity index (χ0v) is 18.3. The van der Waals surface area contributed by atoms with Crippen molar-refractivity contribution < 1.29 is 9.53 Å². The Hall–Kier alpha value is -3.58. The van der Waals surface area contributed by atoms with Crippen LogP contribution in [-0.4, -0.2) is 44.2 Å². The van der Waals surface area contributed by atoms with Gasteiger partial charge in [0, 0.05) is 61.6 Å². The van der Waals surface area contributed by atoms with Gasteiger partial charge in [0.1, 0.15) is 5.82 Å². The van der Waals surface area contributed by atoms with Crippen LogP contribution < -0.4 is 20.9 Å². The van der Waals surface area contributed by atoms with Crippen LogP contribution in [0, 0.1) is 0 Å². The molecule has 2 aromatic carbocycles. The van der Waals surface area contributed by atoms with Crippen LogP contribution in [0.15, 0.2) is 66.9 Å². The molecule has 0 bridgehead atoms. The minimum atomic E-state index is -0.374. The van der Waals surface area contributed by atoms with E-state index >= 15 is 0 Å². The molecule has 0 saturated carbocycles. The molecule has 7 heteroatoms. The Bertz CT molecular complexity index is 1030. The van der Waals surface area contributed by atoms with E-state index in [1.54, 1.807) is 6.20 Å². The molecular formula is C25H29N5O2. The summed E-state index contributed by atoms with van der Waals surface area (Å²) in [5.41, 5.74) is 10.5. The van der Waals surface area contributed by atoms with Crippen LogP contribution in [0.3, 0.4) is 0 Å². The molecule has 0 radical (unpaired) electrons. The minimum absolute atomic E-state index is 0.149. The van der Waals surface area contributed by atoms with Gasteiger partial charge >= 0.3 is 0 Å². The second kappa shape index (κ2) is 10.2. The van der Waals surface area contributed by atoms with Gasteiger partial charge in [-0.3, -0.25) is 4.79 Å². The lowest BCUT2D eigenvalue weighted by Crippen LogP contribution is -2.36. The van der Waals surface area contributed by atoms with E-state index in [1.807, 2.05) is 31.3 Å². The van der Waals surface area contributed by atoms with Crippen molar-refractivity contribution in [2.45, 2.75) is 13.0 Å². The van der Waals surface area contributed by atoms with Gasteiger partial charge in [0.15, 0.2) is 0 Å². The molecule has 1 fully saturated rings. The molecule has 0 atom stereocenters. The summed E-state index contributed by atoms with van der Waals surface area (Å²) in [5.74, 6) is 0.341. The summed E-state index contributed by atoms with van der Waals surface area (Å²) in [7, 11) is 2.01. The highest BCUT2D eigenvalue weighted by atomic mass is 16.5. The summed E-state index contributed by atoms with van der Waals surface area (Å²) in [5, 5.41) is 3.38. The lowest BCUT2D eigenvalue weighted by molar-refractivity contribution is -0.117. The maximum atomic E-state index is 11.6. The van der Waals surface area contributed by atoms with Crippen molar-refractivity contribution in [2.75, 3.05) is 48.5 Å². The predicted molar refractivity (Wildman–Crippen MR) is 128 cm³/mol. The largest absolute Gasteiger partial charge is 0.378 e. The number of hydrogen-bond donors (Lipinski definition) is 2. The molecule has 4 rings (SSSR count). The Morgan fingerprint density at radius 3 is 2.53 bits per heavy atom. The van der Waals surface area contributed by atoms with E-state index in [2.05, 4.69) is 56.5 Å². The monoisotopic (exact) mass is 431 g/mol. The van der Waals surface area contributed by atoms with Crippen molar-refractivity contribution in [2.24, 2.45) is 5.73 Å². The molecule has 1 aromatic heterocycles. The highest BCUT2D eigenvalue weighted by Gasteiger charge is 2.14. The van der Waals surface area contributed by atoms with E-state index in [-0.39, 0.29) is 12.3 Å². The average molecular weight is 432 g/mol. The third kappa shape index (κ3) is 5.56. The first kappa shape index (κ1) is 21.6. The number of hydrogen-bond acceptors (Lipinski definition) is 6. The van der Waals surface area contributed by atoms with Gasteiger partial charge in [-0.1, -0.05) is 30.3 Å². The molecule has 7 nitrogen and oxygen atoms in total. The van der Waals surface area contributed by atoms with Crippen molar-refractivity contribution in [3.8, 4) is 0 Å². The molecule has 2 heterocycles. The van der Waals surface area contributed by atoms with Crippen LogP contribution in [0.1, 0.15) is 11.1 Å². The lowest BCUT2D eigenvalue weighted by Gasteiger charge is -2.29. The topological polar surface area (TPSA) is 83.7 Å². The van der Waals surface area contributed by atoms with Crippen LogP contribution >= 0.6 is 0 Å². The second-order valence-electron chi connectivity index (χ2n) is 7.95. The molecule has 0 spiro atoms. The Balaban J connectivity index is 1.52. The summed E-state index contributed by atoms with van der Waals surface area (Å²) < 4.78 is 5.43. The predicted octanol–water partition coefficient (Wildman–Crippen LogP) is 3.33. The minimum Gasteiger partial charge on any atom is -0.378 e. The molecule has 0 unspecified atom stereocenters. The molecule has 1 aliphatic heterocycles. The molecule has 3 aromatic rings.